The number of methoxy groups -OCH3 is 1. The number of esters is 1. The summed E-state index contributed by atoms with van der Waals surface area (Å²) in [6.07, 6.45) is 0. The Balaban J connectivity index is 2.29. The number of hydrogen-bond donors (Lipinski definition) is 2. The molecule has 1 fully saturated rings. The molecule has 1 aromatic carbocycles. The van der Waals surface area contributed by atoms with Crippen molar-refractivity contribution in [1.29, 1.82) is 5.26 Å². The topological polar surface area (TPSA) is 91.2 Å². The molecule has 0 aliphatic carbocycles. The van der Waals surface area contributed by atoms with Gasteiger partial charge in [0.15, 0.2) is 5.11 Å². The van der Waals surface area contributed by atoms with Crippen LogP contribution in [0.3, 0.4) is 0 Å². The third-order valence-corrected chi connectivity index (χ3v) is 3.19. The Bertz CT molecular complexity index is 606. The second kappa shape index (κ2) is 5.67. The number of thiocarbonyl (C=S) groups is 1. The molecule has 2 unspecified atom stereocenters. The minimum Gasteiger partial charge on any atom is -0.465 e. The van der Waals surface area contributed by atoms with Crippen LogP contribution in [0.4, 0.5) is 0 Å². The molecule has 1 aliphatic heterocycles. The maximum absolute atomic E-state index is 11.7. The van der Waals surface area contributed by atoms with Gasteiger partial charge in [-0.3, -0.25) is 4.79 Å². The van der Waals surface area contributed by atoms with Crippen molar-refractivity contribution in [1.82, 2.24) is 10.6 Å². The van der Waals surface area contributed by atoms with Gasteiger partial charge in [-0.05, 0) is 29.9 Å². The van der Waals surface area contributed by atoms with Gasteiger partial charge in [-0.25, -0.2) is 4.79 Å². The fourth-order valence-electron chi connectivity index (χ4n) is 1.96. The average Bonchev–Trinajstić information content (AvgIpc) is 2.46. The zero-order valence-electron chi connectivity index (χ0n) is 10.5. The van der Waals surface area contributed by atoms with Crippen molar-refractivity contribution in [3.63, 3.8) is 0 Å². The van der Waals surface area contributed by atoms with Gasteiger partial charge in [0.2, 0.25) is 5.91 Å². The molecule has 0 radical (unpaired) electrons. The van der Waals surface area contributed by atoms with Crippen LogP contribution in [0.15, 0.2) is 24.3 Å². The van der Waals surface area contributed by atoms with Crippen molar-refractivity contribution in [2.24, 2.45) is 5.92 Å². The standard InChI is InChI=1S/C13H11N3O3S/c1-19-12(18)8-4-2-7(3-5-8)10-9(6-14)11(17)16-13(20)15-10/h2-5,9-10H,1H3,(H2,15,16,17,20). The van der Waals surface area contributed by atoms with Gasteiger partial charge in [0.25, 0.3) is 0 Å². The summed E-state index contributed by atoms with van der Waals surface area (Å²) in [4.78, 5) is 23.1. The molecule has 0 bridgehead atoms. The minimum absolute atomic E-state index is 0.184. The number of nitriles is 1. The molecule has 20 heavy (non-hydrogen) atoms. The highest BCUT2D eigenvalue weighted by molar-refractivity contribution is 7.80. The molecule has 1 aromatic rings. The zero-order chi connectivity index (χ0) is 14.7. The van der Waals surface area contributed by atoms with Crippen LogP contribution in [0.25, 0.3) is 0 Å². The smallest absolute Gasteiger partial charge is 0.337 e. The fourth-order valence-corrected chi connectivity index (χ4v) is 2.18. The van der Waals surface area contributed by atoms with Crippen molar-refractivity contribution in [3.05, 3.63) is 35.4 Å². The minimum atomic E-state index is -0.884. The predicted molar refractivity (Wildman–Crippen MR) is 73.5 cm³/mol. The summed E-state index contributed by atoms with van der Waals surface area (Å²) in [7, 11) is 1.30. The monoisotopic (exact) mass is 289 g/mol. The summed E-state index contributed by atoms with van der Waals surface area (Å²) < 4.78 is 4.61. The average molecular weight is 289 g/mol. The van der Waals surface area contributed by atoms with Crippen LogP contribution in [-0.4, -0.2) is 24.1 Å². The number of carbonyl (C=O) groups is 2. The van der Waals surface area contributed by atoms with Crippen LogP contribution in [-0.2, 0) is 9.53 Å². The fraction of sp³-hybridized carbons (Fsp3) is 0.231. The number of nitrogens with zero attached hydrogens (tertiary/aromatic N) is 1. The molecule has 102 valence electrons. The van der Waals surface area contributed by atoms with Crippen molar-refractivity contribution in [2.45, 2.75) is 6.04 Å². The van der Waals surface area contributed by atoms with Gasteiger partial charge in [-0.1, -0.05) is 12.1 Å². The Kier molecular flexibility index (Phi) is 3.96. The largest absolute Gasteiger partial charge is 0.465 e. The summed E-state index contributed by atoms with van der Waals surface area (Å²) >= 11 is 4.92. The Hall–Kier alpha value is -2.46. The van der Waals surface area contributed by atoms with E-state index in [0.29, 0.717) is 11.1 Å². The molecule has 2 rings (SSSR count). The van der Waals surface area contributed by atoms with E-state index in [-0.39, 0.29) is 5.11 Å². The van der Waals surface area contributed by atoms with E-state index < -0.39 is 23.8 Å². The highest BCUT2D eigenvalue weighted by Gasteiger charge is 2.35. The van der Waals surface area contributed by atoms with E-state index in [2.05, 4.69) is 15.4 Å². The van der Waals surface area contributed by atoms with Crippen molar-refractivity contribution in [2.75, 3.05) is 7.11 Å². The molecule has 2 N–H and O–H groups in total. The number of nitrogens with one attached hydrogen (secondary N) is 2. The number of benzene rings is 1. The Morgan fingerprint density at radius 2 is 2.05 bits per heavy atom. The Labute approximate surface area is 120 Å². The molecule has 6 nitrogen and oxygen atoms in total. The van der Waals surface area contributed by atoms with Gasteiger partial charge < -0.3 is 15.4 Å². The van der Waals surface area contributed by atoms with E-state index in [1.807, 2.05) is 6.07 Å². The van der Waals surface area contributed by atoms with Gasteiger partial charge in [-0.2, -0.15) is 5.26 Å². The third-order valence-electron chi connectivity index (χ3n) is 2.97. The number of carbonyl (C=O) groups excluding carboxylic acids is 2. The lowest BCUT2D eigenvalue weighted by Gasteiger charge is -2.29. The van der Waals surface area contributed by atoms with Gasteiger partial charge in [0.05, 0.1) is 24.8 Å². The van der Waals surface area contributed by atoms with E-state index in [1.165, 1.54) is 7.11 Å². The van der Waals surface area contributed by atoms with E-state index >= 15 is 0 Å². The molecule has 1 saturated heterocycles. The van der Waals surface area contributed by atoms with Gasteiger partial charge in [0, 0.05) is 0 Å². The van der Waals surface area contributed by atoms with Crippen LogP contribution in [0.5, 0.6) is 0 Å². The molecular weight excluding hydrogens is 278 g/mol. The van der Waals surface area contributed by atoms with Crippen LogP contribution in [0.1, 0.15) is 22.0 Å². The first-order valence-electron chi connectivity index (χ1n) is 5.76. The maximum atomic E-state index is 11.7. The normalized spacial score (nSPS) is 21.4. The second-order valence-corrected chi connectivity index (χ2v) is 4.57. The molecule has 7 heteroatoms. The quantitative estimate of drug-likeness (QED) is 0.614. The summed E-state index contributed by atoms with van der Waals surface area (Å²) in [6, 6.07) is 7.89. The van der Waals surface area contributed by atoms with Crippen molar-refractivity contribution < 1.29 is 14.3 Å². The Morgan fingerprint density at radius 3 is 2.60 bits per heavy atom. The van der Waals surface area contributed by atoms with Crippen LogP contribution < -0.4 is 10.6 Å². The molecular formula is C13H11N3O3S. The molecule has 1 heterocycles. The van der Waals surface area contributed by atoms with E-state index in [4.69, 9.17) is 17.5 Å². The van der Waals surface area contributed by atoms with Crippen LogP contribution >= 0.6 is 12.2 Å². The molecule has 0 spiro atoms. The molecule has 1 amide bonds. The highest BCUT2D eigenvalue weighted by atomic mass is 32.1. The number of amides is 1. The molecule has 0 saturated carbocycles. The number of hydrogen-bond acceptors (Lipinski definition) is 5. The highest BCUT2D eigenvalue weighted by Crippen LogP contribution is 2.25. The van der Waals surface area contributed by atoms with Gasteiger partial charge in [0.1, 0.15) is 5.92 Å². The summed E-state index contributed by atoms with van der Waals surface area (Å²) in [5, 5.41) is 14.6. The summed E-state index contributed by atoms with van der Waals surface area (Å²) in [5.74, 6) is -1.76. The second-order valence-electron chi connectivity index (χ2n) is 4.16. The Morgan fingerprint density at radius 1 is 1.40 bits per heavy atom. The van der Waals surface area contributed by atoms with Gasteiger partial charge >= 0.3 is 5.97 Å². The lowest BCUT2D eigenvalue weighted by molar-refractivity contribution is -0.123. The summed E-state index contributed by atoms with van der Waals surface area (Å²) in [6.45, 7) is 0. The first-order chi connectivity index (χ1) is 9.56. The SMILES string of the molecule is COC(=O)c1ccc(C2NC(=S)NC(=O)C2C#N)cc1. The number of rotatable bonds is 2. The van der Waals surface area contributed by atoms with E-state index in [0.717, 1.165) is 0 Å². The molecule has 0 aromatic heterocycles. The first-order valence-corrected chi connectivity index (χ1v) is 6.17. The zero-order valence-corrected chi connectivity index (χ0v) is 11.4. The lowest BCUT2D eigenvalue weighted by Crippen LogP contribution is -2.53. The van der Waals surface area contributed by atoms with Crippen LogP contribution in [0.2, 0.25) is 0 Å². The summed E-state index contributed by atoms with van der Waals surface area (Å²) in [5.41, 5.74) is 1.09. The molecule has 1 aliphatic rings. The van der Waals surface area contributed by atoms with E-state index in [1.54, 1.807) is 24.3 Å². The van der Waals surface area contributed by atoms with Crippen molar-refractivity contribution in [3.8, 4) is 6.07 Å². The number of ether oxygens (including phenoxy) is 1. The van der Waals surface area contributed by atoms with Crippen LogP contribution in [0, 0.1) is 17.2 Å². The first kappa shape index (κ1) is 14.0. The lowest BCUT2D eigenvalue weighted by atomic mass is 9.91. The van der Waals surface area contributed by atoms with E-state index in [9.17, 15) is 9.59 Å². The third kappa shape index (κ3) is 2.60. The molecule has 2 atom stereocenters. The van der Waals surface area contributed by atoms with Gasteiger partial charge in [-0.15, -0.1) is 0 Å². The maximum Gasteiger partial charge on any atom is 0.337 e. The van der Waals surface area contributed by atoms with Crippen molar-refractivity contribution >= 4 is 29.2 Å². The predicted octanol–water partition coefficient (Wildman–Crippen LogP) is 0.658.